The van der Waals surface area contributed by atoms with Crippen LogP contribution in [-0.2, 0) is 13.3 Å². The van der Waals surface area contributed by atoms with Crippen molar-refractivity contribution in [3.63, 3.8) is 0 Å². The van der Waals surface area contributed by atoms with Crippen LogP contribution in [0.25, 0.3) is 0 Å². The summed E-state index contributed by atoms with van der Waals surface area (Å²) in [7, 11) is -4.61. The Hall–Kier alpha value is -0.666. The second kappa shape index (κ2) is 9.32. The fourth-order valence-corrected chi connectivity index (χ4v) is 8.92. The Morgan fingerprint density at radius 2 is 1.28 bits per heavy atom. The number of para-hydroxylation sites is 1. The lowest BCUT2D eigenvalue weighted by atomic mass is 10.2. The average Bonchev–Trinajstić information content (AvgIpc) is 2.53. The van der Waals surface area contributed by atoms with Crippen LogP contribution >= 0.6 is 0 Å². The molecular formula is C19H37NO3Si2. The Morgan fingerprint density at radius 3 is 1.64 bits per heavy atom. The summed E-state index contributed by atoms with van der Waals surface area (Å²) in [5, 5.41) is 0.202. The Balaban J connectivity index is 3.35. The standard InChI is InChI=1S/C19H37NO3Si2/c1-9-21-25(22-10-2,23-11-3)17-20(18-15-13-12-14-16-18)24(7,8)19(4,5)6/h12-16H,9-11,17H2,1-8H3. The number of benzene rings is 1. The van der Waals surface area contributed by atoms with Gasteiger partial charge in [-0.05, 0) is 37.9 Å². The number of anilines is 1. The topological polar surface area (TPSA) is 30.9 Å². The predicted octanol–water partition coefficient (Wildman–Crippen LogP) is 5.09. The van der Waals surface area contributed by atoms with Crippen molar-refractivity contribution in [1.82, 2.24) is 0 Å². The average molecular weight is 384 g/mol. The molecule has 0 aliphatic rings. The smallest absolute Gasteiger partial charge is 0.393 e. The van der Waals surface area contributed by atoms with Crippen LogP contribution in [0.15, 0.2) is 30.3 Å². The molecule has 0 bridgehead atoms. The van der Waals surface area contributed by atoms with E-state index in [-0.39, 0.29) is 5.04 Å². The highest BCUT2D eigenvalue weighted by atomic mass is 28.4. The summed E-state index contributed by atoms with van der Waals surface area (Å²) in [4.78, 5) is 0. The van der Waals surface area contributed by atoms with Gasteiger partial charge >= 0.3 is 8.80 Å². The summed E-state index contributed by atoms with van der Waals surface area (Å²) in [6.07, 6.45) is 0.697. The van der Waals surface area contributed by atoms with Crippen LogP contribution in [0.3, 0.4) is 0 Å². The number of nitrogens with zero attached hydrogens (tertiary/aromatic N) is 1. The summed E-state index contributed by atoms with van der Waals surface area (Å²) in [6, 6.07) is 10.6. The molecule has 0 unspecified atom stereocenters. The van der Waals surface area contributed by atoms with Crippen molar-refractivity contribution >= 4 is 22.7 Å². The Morgan fingerprint density at radius 1 is 0.840 bits per heavy atom. The summed E-state index contributed by atoms with van der Waals surface area (Å²) < 4.78 is 21.0. The van der Waals surface area contributed by atoms with Gasteiger partial charge in [-0.1, -0.05) is 52.1 Å². The van der Waals surface area contributed by atoms with E-state index in [4.69, 9.17) is 13.3 Å². The van der Waals surface area contributed by atoms with E-state index in [1.807, 2.05) is 20.8 Å². The van der Waals surface area contributed by atoms with Crippen LogP contribution in [0.5, 0.6) is 0 Å². The van der Waals surface area contributed by atoms with Crippen molar-refractivity contribution in [3.05, 3.63) is 30.3 Å². The van der Waals surface area contributed by atoms with Gasteiger partial charge in [-0.15, -0.1) is 0 Å². The van der Waals surface area contributed by atoms with E-state index < -0.39 is 17.0 Å². The summed E-state index contributed by atoms with van der Waals surface area (Å²) in [5.74, 6) is 0. The number of rotatable bonds is 10. The third kappa shape index (κ3) is 5.66. The number of hydrogen-bond donors (Lipinski definition) is 0. The summed E-state index contributed by atoms with van der Waals surface area (Å²) in [5.41, 5.74) is 1.23. The summed E-state index contributed by atoms with van der Waals surface area (Å²) in [6.45, 7) is 19.7. The first-order valence-corrected chi connectivity index (χ1v) is 14.3. The third-order valence-electron chi connectivity index (χ3n) is 5.02. The minimum Gasteiger partial charge on any atom is -0.393 e. The lowest BCUT2D eigenvalue weighted by Gasteiger charge is -2.49. The molecule has 4 nitrogen and oxygen atoms in total. The Labute approximate surface area is 156 Å². The normalized spacial score (nSPS) is 13.1. The zero-order chi connectivity index (χ0) is 19.1. The molecule has 144 valence electrons. The van der Waals surface area contributed by atoms with Gasteiger partial charge in [0.15, 0.2) is 8.24 Å². The van der Waals surface area contributed by atoms with Gasteiger partial charge in [0.1, 0.15) is 0 Å². The SMILES string of the molecule is CCO[Si](CN(c1ccccc1)[Si](C)(C)C(C)(C)C)(OCC)OCC. The molecule has 0 N–H and O–H groups in total. The van der Waals surface area contributed by atoms with Crippen molar-refractivity contribution in [1.29, 1.82) is 0 Å². The molecular weight excluding hydrogens is 346 g/mol. The van der Waals surface area contributed by atoms with Crippen LogP contribution in [-0.4, -0.2) is 43.0 Å². The summed E-state index contributed by atoms with van der Waals surface area (Å²) >= 11 is 0. The molecule has 0 heterocycles. The van der Waals surface area contributed by atoms with E-state index in [0.717, 1.165) is 0 Å². The van der Waals surface area contributed by atoms with Crippen LogP contribution in [0.1, 0.15) is 41.5 Å². The van der Waals surface area contributed by atoms with E-state index in [9.17, 15) is 0 Å². The Bertz CT molecular complexity index is 486. The first kappa shape index (κ1) is 22.4. The molecule has 0 saturated carbocycles. The second-order valence-electron chi connectivity index (χ2n) is 7.71. The minimum absolute atomic E-state index is 0.202. The highest BCUT2D eigenvalue weighted by molar-refractivity contribution is 6.85. The lowest BCUT2D eigenvalue weighted by Crippen LogP contribution is -2.64. The molecule has 1 aromatic carbocycles. The maximum absolute atomic E-state index is 6.15. The van der Waals surface area contributed by atoms with Crippen molar-refractivity contribution in [2.24, 2.45) is 0 Å². The Kier molecular flexibility index (Phi) is 8.34. The molecule has 0 aliphatic carbocycles. The fraction of sp³-hybridized carbons (Fsp3) is 0.684. The van der Waals surface area contributed by atoms with Gasteiger partial charge in [0.25, 0.3) is 0 Å². The predicted molar refractivity (Wildman–Crippen MR) is 112 cm³/mol. The van der Waals surface area contributed by atoms with Crippen molar-refractivity contribution in [2.75, 3.05) is 30.6 Å². The van der Waals surface area contributed by atoms with Crippen molar-refractivity contribution in [2.45, 2.75) is 59.7 Å². The molecule has 0 aromatic heterocycles. The van der Waals surface area contributed by atoms with Gasteiger partial charge < -0.3 is 17.8 Å². The van der Waals surface area contributed by atoms with Crippen LogP contribution in [0, 0.1) is 0 Å². The van der Waals surface area contributed by atoms with Gasteiger partial charge in [-0.25, -0.2) is 0 Å². The van der Waals surface area contributed by atoms with E-state index >= 15 is 0 Å². The zero-order valence-electron chi connectivity index (χ0n) is 17.4. The monoisotopic (exact) mass is 383 g/mol. The molecule has 1 rings (SSSR count). The minimum atomic E-state index is -2.77. The molecule has 25 heavy (non-hydrogen) atoms. The maximum Gasteiger partial charge on any atom is 0.520 e. The molecule has 0 radical (unpaired) electrons. The van der Waals surface area contributed by atoms with E-state index in [0.29, 0.717) is 26.0 Å². The van der Waals surface area contributed by atoms with Crippen molar-refractivity contribution in [3.8, 4) is 0 Å². The number of hydrogen-bond acceptors (Lipinski definition) is 4. The molecule has 1 aromatic rings. The zero-order valence-corrected chi connectivity index (χ0v) is 19.4. The highest BCUT2D eigenvalue weighted by Crippen LogP contribution is 2.41. The largest absolute Gasteiger partial charge is 0.520 e. The van der Waals surface area contributed by atoms with Gasteiger partial charge in [-0.3, -0.25) is 0 Å². The molecule has 0 fully saturated rings. The van der Waals surface area contributed by atoms with Gasteiger partial charge in [0, 0.05) is 25.5 Å². The highest BCUT2D eigenvalue weighted by Gasteiger charge is 2.49. The molecule has 0 aliphatic heterocycles. The van der Waals surface area contributed by atoms with Crippen LogP contribution in [0.2, 0.25) is 18.1 Å². The molecule has 0 saturated heterocycles. The second-order valence-corrected chi connectivity index (χ2v) is 15.4. The first-order valence-electron chi connectivity index (χ1n) is 9.38. The molecule has 6 heteroatoms. The van der Waals surface area contributed by atoms with Crippen LogP contribution in [0.4, 0.5) is 5.69 Å². The maximum atomic E-state index is 6.15. The van der Waals surface area contributed by atoms with Gasteiger partial charge in [0.05, 0.1) is 6.17 Å². The fourth-order valence-electron chi connectivity index (χ4n) is 2.74. The first-order chi connectivity index (χ1) is 11.6. The molecule has 0 atom stereocenters. The van der Waals surface area contributed by atoms with Gasteiger partial charge in [0.2, 0.25) is 0 Å². The third-order valence-corrected chi connectivity index (χ3v) is 13.7. The van der Waals surface area contributed by atoms with Crippen LogP contribution < -0.4 is 4.57 Å². The van der Waals surface area contributed by atoms with E-state index in [1.54, 1.807) is 0 Å². The van der Waals surface area contributed by atoms with E-state index in [1.165, 1.54) is 5.69 Å². The lowest BCUT2D eigenvalue weighted by molar-refractivity contribution is 0.0729. The molecule has 0 spiro atoms. The quantitative estimate of drug-likeness (QED) is 0.527. The molecule has 0 amide bonds. The van der Waals surface area contributed by atoms with Crippen molar-refractivity contribution < 1.29 is 13.3 Å². The van der Waals surface area contributed by atoms with E-state index in [2.05, 4.69) is 68.8 Å². The van der Waals surface area contributed by atoms with Gasteiger partial charge in [-0.2, -0.15) is 0 Å².